The molecular weight excluding hydrogens is 602 g/mol. The van der Waals surface area contributed by atoms with Crippen molar-refractivity contribution in [2.24, 2.45) is 4.99 Å². The zero-order chi connectivity index (χ0) is 26.7. The number of thiophene rings is 1. The highest BCUT2D eigenvalue weighted by Gasteiger charge is 2.28. The summed E-state index contributed by atoms with van der Waals surface area (Å²) in [6, 6.07) is 5.69. The number of sulfone groups is 1. The highest BCUT2D eigenvalue weighted by Crippen LogP contribution is 2.38. The highest BCUT2D eigenvalue weighted by atomic mass is 79.9. The number of carbonyl (C=O) groups excluding carboxylic acids is 3. The van der Waals surface area contributed by atoms with Crippen LogP contribution in [0.25, 0.3) is 10.2 Å². The molecule has 198 valence electrons. The van der Waals surface area contributed by atoms with Crippen molar-refractivity contribution in [1.82, 2.24) is 4.57 Å². The molecule has 0 spiro atoms. The SMILES string of the molecule is CCOC(=O)c1c(NC(=O)CS(=O)(=O)CC(=O)N=c2sc3cc(Br)ccc3n2CC)sc2c1CCCC2. The van der Waals surface area contributed by atoms with Crippen LogP contribution in [0.5, 0.6) is 0 Å². The number of benzene rings is 1. The van der Waals surface area contributed by atoms with E-state index in [1.54, 1.807) is 6.92 Å². The van der Waals surface area contributed by atoms with Crippen molar-refractivity contribution in [3.05, 3.63) is 43.5 Å². The summed E-state index contributed by atoms with van der Waals surface area (Å²) in [6.45, 7) is 4.34. The third-order valence-electron chi connectivity index (χ3n) is 5.78. The molecular formula is C24H26BrN3O6S3. The van der Waals surface area contributed by atoms with Gasteiger partial charge in [-0.1, -0.05) is 27.3 Å². The molecule has 0 fully saturated rings. The number of halogens is 1. The lowest BCUT2D eigenvalue weighted by Crippen LogP contribution is -2.28. The maximum absolute atomic E-state index is 12.7. The molecule has 2 aromatic heterocycles. The van der Waals surface area contributed by atoms with Crippen LogP contribution < -0.4 is 10.1 Å². The molecule has 3 aromatic rings. The number of nitrogens with zero attached hydrogens (tertiary/aromatic N) is 2. The predicted octanol–water partition coefficient (Wildman–Crippen LogP) is 4.08. The molecule has 2 heterocycles. The molecule has 0 aliphatic heterocycles. The minimum atomic E-state index is -4.10. The first-order valence-electron chi connectivity index (χ1n) is 11.8. The first-order chi connectivity index (χ1) is 17.6. The van der Waals surface area contributed by atoms with Crippen LogP contribution in [0.15, 0.2) is 27.7 Å². The number of fused-ring (bicyclic) bond motifs is 2. The minimum Gasteiger partial charge on any atom is -0.462 e. The summed E-state index contributed by atoms with van der Waals surface area (Å²) in [4.78, 5) is 43.3. The first kappa shape index (κ1) is 27.7. The minimum absolute atomic E-state index is 0.186. The van der Waals surface area contributed by atoms with Gasteiger partial charge in [-0.3, -0.25) is 9.59 Å². The van der Waals surface area contributed by atoms with Crippen LogP contribution in [-0.2, 0) is 43.5 Å². The van der Waals surface area contributed by atoms with Gasteiger partial charge < -0.3 is 14.6 Å². The van der Waals surface area contributed by atoms with E-state index in [9.17, 15) is 22.8 Å². The average molecular weight is 629 g/mol. The number of esters is 1. The molecule has 4 rings (SSSR count). The van der Waals surface area contributed by atoms with E-state index in [1.807, 2.05) is 29.7 Å². The summed E-state index contributed by atoms with van der Waals surface area (Å²) >= 11 is 5.98. The number of hydrogen-bond donors (Lipinski definition) is 1. The van der Waals surface area contributed by atoms with Gasteiger partial charge in [-0.2, -0.15) is 4.99 Å². The van der Waals surface area contributed by atoms with Gasteiger partial charge in [0.05, 0.1) is 22.4 Å². The van der Waals surface area contributed by atoms with E-state index in [4.69, 9.17) is 4.74 Å². The molecule has 13 heteroatoms. The smallest absolute Gasteiger partial charge is 0.341 e. The lowest BCUT2D eigenvalue weighted by molar-refractivity contribution is -0.115. The van der Waals surface area contributed by atoms with Crippen molar-refractivity contribution < 1.29 is 27.5 Å². The molecule has 1 aliphatic rings. The van der Waals surface area contributed by atoms with Gasteiger partial charge in [0.15, 0.2) is 14.6 Å². The number of amides is 2. The Balaban J connectivity index is 1.50. The van der Waals surface area contributed by atoms with Crippen LogP contribution >= 0.6 is 38.6 Å². The molecule has 0 saturated heterocycles. The second kappa shape index (κ2) is 11.6. The summed E-state index contributed by atoms with van der Waals surface area (Å²) in [5, 5.41) is 2.87. The molecule has 37 heavy (non-hydrogen) atoms. The van der Waals surface area contributed by atoms with Crippen molar-refractivity contribution in [2.75, 3.05) is 23.4 Å². The van der Waals surface area contributed by atoms with Crippen molar-refractivity contribution in [1.29, 1.82) is 0 Å². The number of aryl methyl sites for hydroxylation is 2. The predicted molar refractivity (Wildman–Crippen MR) is 148 cm³/mol. The van der Waals surface area contributed by atoms with Crippen molar-refractivity contribution in [3.63, 3.8) is 0 Å². The fourth-order valence-corrected chi connectivity index (χ4v) is 8.22. The number of ether oxygens (including phenoxy) is 1. The zero-order valence-corrected chi connectivity index (χ0v) is 24.4. The number of nitrogens with one attached hydrogen (secondary N) is 1. The molecule has 1 aliphatic carbocycles. The molecule has 1 aromatic carbocycles. The summed E-state index contributed by atoms with van der Waals surface area (Å²) < 4.78 is 34.1. The van der Waals surface area contributed by atoms with E-state index >= 15 is 0 Å². The van der Waals surface area contributed by atoms with E-state index in [-0.39, 0.29) is 6.61 Å². The van der Waals surface area contributed by atoms with Crippen LogP contribution in [0.1, 0.15) is 47.5 Å². The number of hydrogen-bond acceptors (Lipinski definition) is 8. The fourth-order valence-electron chi connectivity index (χ4n) is 4.25. The maximum atomic E-state index is 12.7. The Labute approximate surface area is 230 Å². The third kappa shape index (κ3) is 6.39. The Morgan fingerprint density at radius 1 is 1.14 bits per heavy atom. The number of carbonyl (C=O) groups is 3. The highest BCUT2D eigenvalue weighted by molar-refractivity contribution is 9.10. The van der Waals surface area contributed by atoms with Crippen LogP contribution in [-0.4, -0.2) is 48.9 Å². The van der Waals surface area contributed by atoms with Gasteiger partial charge in [0.1, 0.15) is 16.5 Å². The van der Waals surface area contributed by atoms with E-state index in [0.29, 0.717) is 28.3 Å². The molecule has 0 radical (unpaired) electrons. The molecule has 0 saturated carbocycles. The van der Waals surface area contributed by atoms with Crippen LogP contribution in [0, 0.1) is 0 Å². The van der Waals surface area contributed by atoms with E-state index in [1.165, 1.54) is 22.7 Å². The van der Waals surface area contributed by atoms with Gasteiger partial charge in [-0.05, 0) is 63.3 Å². The van der Waals surface area contributed by atoms with Gasteiger partial charge in [0, 0.05) is 15.9 Å². The quantitative estimate of drug-likeness (QED) is 0.375. The van der Waals surface area contributed by atoms with Crippen molar-refractivity contribution >= 4 is 81.4 Å². The van der Waals surface area contributed by atoms with Crippen molar-refractivity contribution in [3.8, 4) is 0 Å². The van der Waals surface area contributed by atoms with E-state index in [2.05, 4.69) is 26.2 Å². The Hall–Kier alpha value is -2.35. The Morgan fingerprint density at radius 3 is 2.62 bits per heavy atom. The summed E-state index contributed by atoms with van der Waals surface area (Å²) in [6.07, 6.45) is 3.41. The molecule has 0 bridgehead atoms. The largest absolute Gasteiger partial charge is 0.462 e. The first-order valence-corrected chi connectivity index (χ1v) is 16.0. The fraction of sp³-hybridized carbons (Fsp3) is 0.417. The molecule has 2 amide bonds. The van der Waals surface area contributed by atoms with Crippen LogP contribution in [0.2, 0.25) is 0 Å². The van der Waals surface area contributed by atoms with Crippen molar-refractivity contribution in [2.45, 2.75) is 46.1 Å². The van der Waals surface area contributed by atoms with Gasteiger partial charge in [0.25, 0.3) is 5.91 Å². The summed E-state index contributed by atoms with van der Waals surface area (Å²) in [7, 11) is -4.10. The number of aromatic nitrogens is 1. The van der Waals surface area contributed by atoms with Crippen LogP contribution in [0.3, 0.4) is 0 Å². The lowest BCUT2D eigenvalue weighted by Gasteiger charge is -2.12. The summed E-state index contributed by atoms with van der Waals surface area (Å²) in [5.41, 5.74) is 2.06. The zero-order valence-electron chi connectivity index (χ0n) is 20.3. The van der Waals surface area contributed by atoms with Gasteiger partial charge in [-0.25, -0.2) is 13.2 Å². The number of anilines is 1. The second-order valence-corrected chi connectivity index (χ2v) is 13.6. The van der Waals surface area contributed by atoms with E-state index in [0.717, 1.165) is 44.4 Å². The Bertz CT molecular complexity index is 1550. The number of rotatable bonds is 8. The Morgan fingerprint density at radius 2 is 1.89 bits per heavy atom. The third-order valence-corrected chi connectivity index (χ3v) is 9.91. The standard InChI is InChI=1S/C24H26BrN3O6S3/c1-3-28-16-10-9-14(25)11-18(16)36-24(28)27-20(30)13-37(32,33)12-19(29)26-22-21(23(31)34-4-2)15-7-5-6-8-17(15)35-22/h9-11H,3-8,12-13H2,1-2H3,(H,26,29). The van der Waals surface area contributed by atoms with Gasteiger partial charge in [0.2, 0.25) is 5.91 Å². The normalized spacial score (nSPS) is 14.0. The molecule has 0 unspecified atom stereocenters. The Kier molecular flexibility index (Phi) is 8.66. The molecule has 1 N–H and O–H groups in total. The van der Waals surface area contributed by atoms with E-state index < -0.39 is 39.1 Å². The second-order valence-electron chi connectivity index (χ2n) is 8.46. The lowest BCUT2D eigenvalue weighted by atomic mass is 9.95. The van der Waals surface area contributed by atoms with Crippen LogP contribution in [0.4, 0.5) is 5.00 Å². The van der Waals surface area contributed by atoms with Gasteiger partial charge >= 0.3 is 5.97 Å². The maximum Gasteiger partial charge on any atom is 0.341 e. The molecule has 0 atom stereocenters. The number of thiazole rings is 1. The van der Waals surface area contributed by atoms with Gasteiger partial charge in [-0.15, -0.1) is 11.3 Å². The monoisotopic (exact) mass is 627 g/mol. The topological polar surface area (TPSA) is 124 Å². The summed E-state index contributed by atoms with van der Waals surface area (Å²) in [5.74, 6) is -3.99. The average Bonchev–Trinajstić information content (AvgIpc) is 3.34. The molecule has 9 nitrogen and oxygen atoms in total.